The third-order valence-corrected chi connectivity index (χ3v) is 4.96. The standard InChI is InChI=1S/C18H17Cl2NO/c19-15-6-2-13(3-7-15)17(22)21-12-18(10-1-11-18)14-4-8-16(20)9-5-14/h2-9H,1,10-12H2,(H,21,22). The van der Waals surface area contributed by atoms with E-state index in [2.05, 4.69) is 17.4 Å². The van der Waals surface area contributed by atoms with Gasteiger partial charge in [0.2, 0.25) is 0 Å². The molecule has 2 aromatic carbocycles. The maximum absolute atomic E-state index is 12.3. The second-order valence-electron chi connectivity index (χ2n) is 5.83. The predicted molar refractivity (Wildman–Crippen MR) is 90.8 cm³/mol. The van der Waals surface area contributed by atoms with Gasteiger partial charge in [-0.1, -0.05) is 41.8 Å². The topological polar surface area (TPSA) is 29.1 Å². The Bertz CT molecular complexity index is 660. The molecule has 3 rings (SSSR count). The smallest absolute Gasteiger partial charge is 0.251 e. The number of hydrogen-bond acceptors (Lipinski definition) is 1. The number of carbonyl (C=O) groups is 1. The van der Waals surface area contributed by atoms with Crippen LogP contribution in [0.1, 0.15) is 35.2 Å². The molecule has 2 nitrogen and oxygen atoms in total. The molecule has 0 aromatic heterocycles. The van der Waals surface area contributed by atoms with E-state index in [9.17, 15) is 4.79 Å². The monoisotopic (exact) mass is 333 g/mol. The molecule has 0 atom stereocenters. The molecule has 1 N–H and O–H groups in total. The summed E-state index contributed by atoms with van der Waals surface area (Å²) in [6.45, 7) is 0.649. The van der Waals surface area contributed by atoms with Gasteiger partial charge in [0.15, 0.2) is 0 Å². The van der Waals surface area contributed by atoms with Gasteiger partial charge in [0.05, 0.1) is 0 Å². The van der Waals surface area contributed by atoms with E-state index in [-0.39, 0.29) is 11.3 Å². The molecule has 22 heavy (non-hydrogen) atoms. The van der Waals surface area contributed by atoms with Gasteiger partial charge in [-0.05, 0) is 54.8 Å². The molecule has 0 aliphatic heterocycles. The van der Waals surface area contributed by atoms with Crippen LogP contribution in [0, 0.1) is 0 Å². The van der Waals surface area contributed by atoms with Crippen LogP contribution in [-0.2, 0) is 5.41 Å². The Morgan fingerprint density at radius 1 is 0.955 bits per heavy atom. The lowest BCUT2D eigenvalue weighted by atomic mass is 9.64. The highest BCUT2D eigenvalue weighted by Gasteiger charge is 2.38. The van der Waals surface area contributed by atoms with Crippen LogP contribution in [0.2, 0.25) is 10.0 Å². The van der Waals surface area contributed by atoms with E-state index < -0.39 is 0 Å². The van der Waals surface area contributed by atoms with Crippen LogP contribution in [0.3, 0.4) is 0 Å². The zero-order chi connectivity index (χ0) is 15.6. The SMILES string of the molecule is O=C(NCC1(c2ccc(Cl)cc2)CCC1)c1ccc(Cl)cc1. The van der Waals surface area contributed by atoms with Gasteiger partial charge in [0.25, 0.3) is 5.91 Å². The van der Waals surface area contributed by atoms with Crippen molar-refractivity contribution in [1.29, 1.82) is 0 Å². The third-order valence-electron chi connectivity index (χ3n) is 4.46. The minimum atomic E-state index is -0.0584. The van der Waals surface area contributed by atoms with Gasteiger partial charge < -0.3 is 5.32 Å². The van der Waals surface area contributed by atoms with Crippen molar-refractivity contribution in [3.05, 3.63) is 69.7 Å². The largest absolute Gasteiger partial charge is 0.351 e. The Balaban J connectivity index is 1.69. The van der Waals surface area contributed by atoms with Crippen LogP contribution in [0.5, 0.6) is 0 Å². The van der Waals surface area contributed by atoms with Gasteiger partial charge >= 0.3 is 0 Å². The summed E-state index contributed by atoms with van der Waals surface area (Å²) >= 11 is 11.8. The first-order valence-corrected chi connectivity index (χ1v) is 8.14. The molecular weight excluding hydrogens is 317 g/mol. The molecule has 0 bridgehead atoms. The first kappa shape index (κ1) is 15.4. The second-order valence-corrected chi connectivity index (χ2v) is 6.70. The van der Waals surface area contributed by atoms with Gasteiger partial charge in [-0.25, -0.2) is 0 Å². The van der Waals surface area contributed by atoms with Crippen molar-refractivity contribution in [3.8, 4) is 0 Å². The molecule has 114 valence electrons. The summed E-state index contributed by atoms with van der Waals surface area (Å²) in [6, 6.07) is 14.9. The number of nitrogens with one attached hydrogen (secondary N) is 1. The van der Waals surface area contributed by atoms with Crippen molar-refractivity contribution in [2.75, 3.05) is 6.54 Å². The van der Waals surface area contributed by atoms with Crippen molar-refractivity contribution in [2.24, 2.45) is 0 Å². The average molecular weight is 334 g/mol. The maximum Gasteiger partial charge on any atom is 0.251 e. The quantitative estimate of drug-likeness (QED) is 0.851. The minimum Gasteiger partial charge on any atom is -0.351 e. The maximum atomic E-state index is 12.3. The lowest BCUT2D eigenvalue weighted by molar-refractivity contribution is 0.0928. The number of halogens is 2. The molecule has 0 unspecified atom stereocenters. The van der Waals surface area contributed by atoms with E-state index in [1.807, 2.05) is 12.1 Å². The van der Waals surface area contributed by atoms with Crippen LogP contribution in [0.15, 0.2) is 48.5 Å². The van der Waals surface area contributed by atoms with Gasteiger partial charge in [0, 0.05) is 27.6 Å². The highest BCUT2D eigenvalue weighted by atomic mass is 35.5. The number of rotatable bonds is 4. The highest BCUT2D eigenvalue weighted by Crippen LogP contribution is 2.43. The molecule has 1 amide bonds. The second kappa shape index (κ2) is 6.31. The van der Waals surface area contributed by atoms with E-state index in [4.69, 9.17) is 23.2 Å². The van der Waals surface area contributed by atoms with Gasteiger partial charge in [-0.3, -0.25) is 4.79 Å². The Kier molecular flexibility index (Phi) is 4.42. The average Bonchev–Trinajstić information content (AvgIpc) is 2.48. The van der Waals surface area contributed by atoms with Crippen LogP contribution in [0.4, 0.5) is 0 Å². The summed E-state index contributed by atoms with van der Waals surface area (Å²) < 4.78 is 0. The minimum absolute atomic E-state index is 0.0483. The van der Waals surface area contributed by atoms with Crippen LogP contribution in [-0.4, -0.2) is 12.5 Å². The Morgan fingerprint density at radius 2 is 1.50 bits per heavy atom. The van der Waals surface area contributed by atoms with E-state index >= 15 is 0 Å². The molecule has 0 saturated heterocycles. The summed E-state index contributed by atoms with van der Waals surface area (Å²) in [5.74, 6) is -0.0584. The van der Waals surface area contributed by atoms with Crippen molar-refractivity contribution in [1.82, 2.24) is 5.32 Å². The summed E-state index contributed by atoms with van der Waals surface area (Å²) in [6.07, 6.45) is 3.38. The Morgan fingerprint density at radius 3 is 2.00 bits per heavy atom. The van der Waals surface area contributed by atoms with Gasteiger partial charge in [-0.2, -0.15) is 0 Å². The summed E-state index contributed by atoms with van der Waals surface area (Å²) in [7, 11) is 0. The number of benzene rings is 2. The summed E-state index contributed by atoms with van der Waals surface area (Å²) in [5, 5.41) is 4.43. The third kappa shape index (κ3) is 3.13. The lowest BCUT2D eigenvalue weighted by Gasteiger charge is -2.42. The number of hydrogen-bond donors (Lipinski definition) is 1. The molecule has 0 heterocycles. The van der Waals surface area contributed by atoms with Crippen LogP contribution in [0.25, 0.3) is 0 Å². The van der Waals surface area contributed by atoms with Crippen LogP contribution < -0.4 is 5.32 Å². The van der Waals surface area contributed by atoms with E-state index in [0.29, 0.717) is 17.1 Å². The fourth-order valence-corrected chi connectivity index (χ4v) is 3.18. The predicted octanol–water partition coefficient (Wildman–Crippen LogP) is 4.85. The molecule has 0 radical (unpaired) electrons. The normalized spacial score (nSPS) is 15.9. The molecule has 1 aliphatic rings. The molecule has 4 heteroatoms. The molecule has 1 saturated carbocycles. The summed E-state index contributed by atoms with van der Waals surface area (Å²) in [5.41, 5.74) is 1.93. The first-order valence-electron chi connectivity index (χ1n) is 7.39. The highest BCUT2D eigenvalue weighted by molar-refractivity contribution is 6.30. The van der Waals surface area contributed by atoms with Gasteiger partial charge in [0.1, 0.15) is 0 Å². The molecule has 0 spiro atoms. The van der Waals surface area contributed by atoms with Crippen molar-refractivity contribution >= 4 is 29.1 Å². The molecular formula is C18H17Cl2NO. The first-order chi connectivity index (χ1) is 10.6. The van der Waals surface area contributed by atoms with Crippen LogP contribution >= 0.6 is 23.2 Å². The van der Waals surface area contributed by atoms with Crippen molar-refractivity contribution < 1.29 is 4.79 Å². The lowest BCUT2D eigenvalue weighted by Crippen LogP contribution is -2.45. The van der Waals surface area contributed by atoms with Gasteiger partial charge in [-0.15, -0.1) is 0 Å². The zero-order valence-electron chi connectivity index (χ0n) is 12.1. The molecule has 2 aromatic rings. The Labute approximate surface area is 140 Å². The molecule has 1 fully saturated rings. The molecule has 1 aliphatic carbocycles. The fourth-order valence-electron chi connectivity index (χ4n) is 2.93. The summed E-state index contributed by atoms with van der Waals surface area (Å²) in [4.78, 5) is 12.3. The van der Waals surface area contributed by atoms with Crippen molar-refractivity contribution in [3.63, 3.8) is 0 Å². The number of amides is 1. The fraction of sp³-hybridized carbons (Fsp3) is 0.278. The Hall–Kier alpha value is -1.51. The van der Waals surface area contributed by atoms with E-state index in [1.165, 1.54) is 12.0 Å². The van der Waals surface area contributed by atoms with E-state index in [0.717, 1.165) is 17.9 Å². The zero-order valence-corrected chi connectivity index (χ0v) is 13.6. The van der Waals surface area contributed by atoms with E-state index in [1.54, 1.807) is 24.3 Å². The van der Waals surface area contributed by atoms with Crippen molar-refractivity contribution in [2.45, 2.75) is 24.7 Å². The number of carbonyl (C=O) groups excluding carboxylic acids is 1.